The molecule has 13 heavy (non-hydrogen) atoms. The van der Waals surface area contributed by atoms with E-state index in [0.717, 1.165) is 31.2 Å². The van der Waals surface area contributed by atoms with Gasteiger partial charge in [-0.2, -0.15) is 10.1 Å². The first-order chi connectivity index (χ1) is 6.31. The van der Waals surface area contributed by atoms with Crippen molar-refractivity contribution in [1.29, 1.82) is 0 Å². The zero-order chi connectivity index (χ0) is 9.26. The maximum atomic E-state index is 5.44. The molecule has 1 aliphatic heterocycles. The summed E-state index contributed by atoms with van der Waals surface area (Å²) in [6.45, 7) is 3.75. The Kier molecular flexibility index (Phi) is 2.18. The van der Waals surface area contributed by atoms with E-state index in [0.29, 0.717) is 12.6 Å². The molecule has 5 nitrogen and oxygen atoms in total. The van der Waals surface area contributed by atoms with Crippen molar-refractivity contribution in [3.63, 3.8) is 0 Å². The second-order valence-electron chi connectivity index (χ2n) is 3.40. The lowest BCUT2D eigenvalue weighted by Gasteiger charge is -2.20. The summed E-state index contributed by atoms with van der Waals surface area (Å²) < 4.78 is 1.95. The van der Waals surface area contributed by atoms with Crippen molar-refractivity contribution in [1.82, 2.24) is 14.8 Å². The average Bonchev–Trinajstić information content (AvgIpc) is 2.49. The number of rotatable bonds is 2. The Morgan fingerprint density at radius 3 is 3.23 bits per heavy atom. The van der Waals surface area contributed by atoms with Gasteiger partial charge < -0.3 is 11.1 Å². The zero-order valence-corrected chi connectivity index (χ0v) is 7.82. The third-order valence-electron chi connectivity index (χ3n) is 2.31. The van der Waals surface area contributed by atoms with Crippen molar-refractivity contribution in [3.8, 4) is 0 Å². The Morgan fingerprint density at radius 2 is 2.54 bits per heavy atom. The van der Waals surface area contributed by atoms with Gasteiger partial charge in [0.1, 0.15) is 0 Å². The molecule has 0 spiro atoms. The second kappa shape index (κ2) is 3.33. The lowest BCUT2D eigenvalue weighted by atomic mass is 10.2. The molecule has 2 rings (SSSR count). The highest BCUT2D eigenvalue weighted by Crippen LogP contribution is 2.20. The van der Waals surface area contributed by atoms with E-state index in [4.69, 9.17) is 5.73 Å². The summed E-state index contributed by atoms with van der Waals surface area (Å²) in [7, 11) is 0. The minimum Gasteiger partial charge on any atom is -0.354 e. The Balaban J connectivity index is 2.25. The van der Waals surface area contributed by atoms with Crippen LogP contribution in [0.3, 0.4) is 0 Å². The van der Waals surface area contributed by atoms with Gasteiger partial charge in [-0.05, 0) is 19.9 Å². The lowest BCUT2D eigenvalue weighted by Crippen LogP contribution is -2.21. The number of hydrogen-bond acceptors (Lipinski definition) is 4. The molecule has 0 amide bonds. The topological polar surface area (TPSA) is 68.8 Å². The number of fused-ring (bicyclic) bond motifs is 1. The molecule has 0 saturated carbocycles. The van der Waals surface area contributed by atoms with Gasteiger partial charge in [0, 0.05) is 13.0 Å². The van der Waals surface area contributed by atoms with E-state index in [9.17, 15) is 0 Å². The molecule has 1 unspecified atom stereocenters. The highest BCUT2D eigenvalue weighted by molar-refractivity contribution is 5.27. The Morgan fingerprint density at radius 1 is 1.69 bits per heavy atom. The van der Waals surface area contributed by atoms with Crippen LogP contribution in [0.4, 0.5) is 5.95 Å². The van der Waals surface area contributed by atoms with Crippen molar-refractivity contribution in [3.05, 3.63) is 5.82 Å². The number of hydrogen-bond donors (Lipinski definition) is 2. The molecule has 2 heterocycles. The highest BCUT2D eigenvalue weighted by Gasteiger charge is 2.18. The number of anilines is 1. The van der Waals surface area contributed by atoms with Gasteiger partial charge in [0.15, 0.2) is 5.82 Å². The number of nitrogens with two attached hydrogens (primary N) is 1. The molecule has 1 aliphatic rings. The summed E-state index contributed by atoms with van der Waals surface area (Å²) in [4.78, 5) is 4.35. The maximum Gasteiger partial charge on any atom is 0.221 e. The Labute approximate surface area is 77.3 Å². The van der Waals surface area contributed by atoms with Crippen LogP contribution in [0.2, 0.25) is 0 Å². The molecule has 0 bridgehead atoms. The smallest absolute Gasteiger partial charge is 0.221 e. The van der Waals surface area contributed by atoms with E-state index in [2.05, 4.69) is 22.3 Å². The molecule has 1 aromatic heterocycles. The molecule has 1 aromatic rings. The fraction of sp³-hybridized carbons (Fsp3) is 0.750. The first kappa shape index (κ1) is 8.50. The van der Waals surface area contributed by atoms with Gasteiger partial charge in [-0.1, -0.05) is 0 Å². The van der Waals surface area contributed by atoms with Crippen LogP contribution in [0.5, 0.6) is 0 Å². The third-order valence-corrected chi connectivity index (χ3v) is 2.31. The predicted octanol–water partition coefficient (Wildman–Crippen LogP) is 0.156. The quantitative estimate of drug-likeness (QED) is 0.681. The molecular weight excluding hydrogens is 166 g/mol. The van der Waals surface area contributed by atoms with Crippen molar-refractivity contribution < 1.29 is 0 Å². The molecule has 1 atom stereocenters. The molecular formula is C8H15N5. The summed E-state index contributed by atoms with van der Waals surface area (Å²) in [5.74, 6) is 1.74. The van der Waals surface area contributed by atoms with Crippen LogP contribution in [0.1, 0.15) is 25.2 Å². The van der Waals surface area contributed by atoms with E-state index in [1.54, 1.807) is 0 Å². The van der Waals surface area contributed by atoms with Crippen molar-refractivity contribution in [2.75, 3.05) is 18.4 Å². The second-order valence-corrected chi connectivity index (χ2v) is 3.40. The van der Waals surface area contributed by atoms with Crippen LogP contribution in [0.25, 0.3) is 0 Å². The molecule has 0 fully saturated rings. The van der Waals surface area contributed by atoms with E-state index < -0.39 is 0 Å². The van der Waals surface area contributed by atoms with Gasteiger partial charge in [0.25, 0.3) is 0 Å². The molecule has 0 saturated heterocycles. The minimum absolute atomic E-state index is 0.454. The predicted molar refractivity (Wildman–Crippen MR) is 50.6 cm³/mol. The first-order valence-corrected chi connectivity index (χ1v) is 4.70. The summed E-state index contributed by atoms with van der Waals surface area (Å²) in [6.07, 6.45) is 1.87. The summed E-state index contributed by atoms with van der Waals surface area (Å²) in [5, 5.41) is 7.60. The van der Waals surface area contributed by atoms with Crippen LogP contribution >= 0.6 is 0 Å². The minimum atomic E-state index is 0.454. The zero-order valence-electron chi connectivity index (χ0n) is 7.82. The summed E-state index contributed by atoms with van der Waals surface area (Å²) in [5.41, 5.74) is 5.44. The number of nitrogens with one attached hydrogen (secondary N) is 1. The maximum absolute atomic E-state index is 5.44. The van der Waals surface area contributed by atoms with Crippen LogP contribution in [0, 0.1) is 0 Å². The van der Waals surface area contributed by atoms with Gasteiger partial charge in [-0.15, -0.1) is 0 Å². The van der Waals surface area contributed by atoms with Gasteiger partial charge in [0.2, 0.25) is 5.95 Å². The Hall–Kier alpha value is -1.10. The van der Waals surface area contributed by atoms with E-state index >= 15 is 0 Å². The van der Waals surface area contributed by atoms with Crippen LogP contribution < -0.4 is 11.1 Å². The monoisotopic (exact) mass is 181 g/mol. The molecule has 0 aliphatic carbocycles. The SMILES string of the molecule is CC1CCNc2nc(CCN)nn21. The van der Waals surface area contributed by atoms with Crippen LogP contribution in [-0.2, 0) is 6.42 Å². The van der Waals surface area contributed by atoms with Gasteiger partial charge in [0.05, 0.1) is 6.04 Å². The van der Waals surface area contributed by atoms with Crippen LogP contribution in [-0.4, -0.2) is 27.9 Å². The molecule has 5 heteroatoms. The number of aromatic nitrogens is 3. The largest absolute Gasteiger partial charge is 0.354 e. The molecule has 0 radical (unpaired) electrons. The third kappa shape index (κ3) is 1.51. The van der Waals surface area contributed by atoms with Gasteiger partial charge in [-0.25, -0.2) is 4.68 Å². The molecule has 0 aromatic carbocycles. The standard InChI is InChI=1S/C8H15N5/c1-6-3-5-10-8-11-7(2-4-9)12-13(6)8/h6H,2-5,9H2,1H3,(H,10,11,12). The van der Waals surface area contributed by atoms with Crippen molar-refractivity contribution in [2.24, 2.45) is 5.73 Å². The summed E-state index contributed by atoms with van der Waals surface area (Å²) in [6, 6.07) is 0.454. The van der Waals surface area contributed by atoms with Crippen LogP contribution in [0.15, 0.2) is 0 Å². The van der Waals surface area contributed by atoms with E-state index in [-0.39, 0.29) is 0 Å². The summed E-state index contributed by atoms with van der Waals surface area (Å²) >= 11 is 0. The average molecular weight is 181 g/mol. The fourth-order valence-electron chi connectivity index (χ4n) is 1.55. The first-order valence-electron chi connectivity index (χ1n) is 4.70. The molecule has 72 valence electrons. The highest BCUT2D eigenvalue weighted by atomic mass is 15.4. The van der Waals surface area contributed by atoms with Crippen molar-refractivity contribution >= 4 is 5.95 Å². The number of nitrogens with zero attached hydrogens (tertiary/aromatic N) is 3. The van der Waals surface area contributed by atoms with E-state index in [1.807, 2.05) is 4.68 Å². The normalized spacial score (nSPS) is 20.9. The Bertz CT molecular complexity index is 293. The lowest BCUT2D eigenvalue weighted by molar-refractivity contribution is 0.448. The van der Waals surface area contributed by atoms with Gasteiger partial charge >= 0.3 is 0 Å². The van der Waals surface area contributed by atoms with Crippen molar-refractivity contribution in [2.45, 2.75) is 25.8 Å². The van der Waals surface area contributed by atoms with Gasteiger partial charge in [-0.3, -0.25) is 0 Å². The molecule has 3 N–H and O–H groups in total. The van der Waals surface area contributed by atoms with E-state index in [1.165, 1.54) is 0 Å². The fourth-order valence-corrected chi connectivity index (χ4v) is 1.55.